The summed E-state index contributed by atoms with van der Waals surface area (Å²) in [7, 11) is 4.21. The lowest BCUT2D eigenvalue weighted by Gasteiger charge is -2.07. The van der Waals surface area contributed by atoms with E-state index in [1.54, 1.807) is 11.8 Å². The Morgan fingerprint density at radius 2 is 2.06 bits per heavy atom. The van der Waals surface area contributed by atoms with Gasteiger partial charge in [0.2, 0.25) is 0 Å². The molecule has 1 aromatic heterocycles. The summed E-state index contributed by atoms with van der Waals surface area (Å²) in [5, 5.41) is 1.03. The molecule has 1 heterocycles. The van der Waals surface area contributed by atoms with Crippen molar-refractivity contribution in [3.8, 4) is 0 Å². The third-order valence-electron chi connectivity index (χ3n) is 2.36. The van der Waals surface area contributed by atoms with E-state index in [1.807, 2.05) is 18.2 Å². The average Bonchev–Trinajstić information content (AvgIpc) is 2.66. The lowest BCUT2D eigenvalue weighted by molar-refractivity contribution is -0.00000345. The van der Waals surface area contributed by atoms with Gasteiger partial charge in [-0.2, -0.15) is 0 Å². The van der Waals surface area contributed by atoms with Crippen LogP contribution in [0.2, 0.25) is 0 Å². The molecule has 0 radical (unpaired) electrons. The second-order valence-electron chi connectivity index (χ2n) is 4.06. The molecule has 1 N–H and O–H groups in total. The minimum Gasteiger partial charge on any atom is -1.00 e. The average molecular weight is 271 g/mol. The van der Waals surface area contributed by atoms with Crippen molar-refractivity contribution < 1.29 is 12.4 Å². The second kappa shape index (κ2) is 6.89. The number of rotatable bonds is 5. The monoisotopic (exact) mass is 270 g/mol. The van der Waals surface area contributed by atoms with Crippen LogP contribution in [0.25, 0.3) is 11.0 Å². The van der Waals surface area contributed by atoms with Crippen molar-refractivity contribution in [2.75, 3.05) is 26.4 Å². The van der Waals surface area contributed by atoms with Crippen molar-refractivity contribution in [2.45, 2.75) is 11.6 Å². The molecule has 0 aliphatic heterocycles. The molecule has 1 aromatic carbocycles. The number of imidazole rings is 1. The van der Waals surface area contributed by atoms with Crippen LogP contribution in [0.15, 0.2) is 29.4 Å². The summed E-state index contributed by atoms with van der Waals surface area (Å²) in [5.41, 5.74) is 2.18. The molecule has 2 rings (SSSR count). The molecule has 2 aromatic rings. The lowest BCUT2D eigenvalue weighted by atomic mass is 10.3. The van der Waals surface area contributed by atoms with Gasteiger partial charge in [-0.1, -0.05) is 23.9 Å². The molecule has 0 spiro atoms. The van der Waals surface area contributed by atoms with Gasteiger partial charge in [0.1, 0.15) is 0 Å². The maximum Gasteiger partial charge on any atom is 0.166 e. The highest BCUT2D eigenvalue weighted by molar-refractivity contribution is 7.99. The molecule has 3 nitrogen and oxygen atoms in total. The highest BCUT2D eigenvalue weighted by Crippen LogP contribution is 2.19. The summed E-state index contributed by atoms with van der Waals surface area (Å²) < 4.78 is 0. The minimum absolute atomic E-state index is 0. The number of fused-ring (bicyclic) bond motifs is 1. The van der Waals surface area contributed by atoms with Gasteiger partial charge in [0.25, 0.3) is 0 Å². The van der Waals surface area contributed by atoms with E-state index in [9.17, 15) is 0 Å². The van der Waals surface area contributed by atoms with Gasteiger partial charge in [-0.3, -0.25) is 0 Å². The first kappa shape index (κ1) is 14.4. The van der Waals surface area contributed by atoms with Crippen molar-refractivity contribution in [3.05, 3.63) is 24.3 Å². The fourth-order valence-electron chi connectivity index (χ4n) is 1.55. The zero-order valence-corrected chi connectivity index (χ0v) is 11.7. The van der Waals surface area contributed by atoms with Crippen LogP contribution in [0.4, 0.5) is 0 Å². The molecule has 0 aliphatic carbocycles. The van der Waals surface area contributed by atoms with E-state index < -0.39 is 0 Å². The number of hydrogen-bond donors (Lipinski definition) is 1. The van der Waals surface area contributed by atoms with E-state index in [0.717, 1.165) is 28.5 Å². The number of para-hydroxylation sites is 2. The zero-order chi connectivity index (χ0) is 11.4. The van der Waals surface area contributed by atoms with Gasteiger partial charge in [0.15, 0.2) is 5.16 Å². The first-order valence-corrected chi connectivity index (χ1v) is 6.46. The smallest absolute Gasteiger partial charge is 0.166 e. The summed E-state index contributed by atoms with van der Waals surface area (Å²) in [4.78, 5) is 10.1. The third-order valence-corrected chi connectivity index (χ3v) is 3.32. The predicted molar refractivity (Wildman–Crippen MR) is 70.0 cm³/mol. The highest BCUT2D eigenvalue weighted by Gasteiger charge is 2.01. The Morgan fingerprint density at radius 1 is 1.29 bits per heavy atom. The summed E-state index contributed by atoms with van der Waals surface area (Å²) >= 11 is 1.79. The van der Waals surface area contributed by atoms with E-state index in [-0.39, 0.29) is 12.4 Å². The van der Waals surface area contributed by atoms with Gasteiger partial charge in [-0.25, -0.2) is 4.98 Å². The summed E-state index contributed by atoms with van der Waals surface area (Å²) in [6, 6.07) is 8.15. The van der Waals surface area contributed by atoms with E-state index in [4.69, 9.17) is 0 Å². The van der Waals surface area contributed by atoms with Crippen molar-refractivity contribution in [1.82, 2.24) is 14.9 Å². The van der Waals surface area contributed by atoms with Gasteiger partial charge >= 0.3 is 0 Å². The molecule has 0 atom stereocenters. The fourth-order valence-corrected chi connectivity index (χ4v) is 2.36. The van der Waals surface area contributed by atoms with Crippen molar-refractivity contribution >= 4 is 22.8 Å². The molecule has 94 valence electrons. The number of benzene rings is 1. The molecule has 0 amide bonds. The van der Waals surface area contributed by atoms with Gasteiger partial charge < -0.3 is 22.3 Å². The van der Waals surface area contributed by atoms with Gasteiger partial charge in [0, 0.05) is 5.75 Å². The van der Waals surface area contributed by atoms with Gasteiger partial charge in [0.05, 0.1) is 11.0 Å². The van der Waals surface area contributed by atoms with Crippen LogP contribution >= 0.6 is 11.8 Å². The Kier molecular flexibility index (Phi) is 5.82. The van der Waals surface area contributed by atoms with Crippen LogP contribution in [-0.4, -0.2) is 41.3 Å². The standard InChI is InChI=1S/C12H17N3S.ClH/c1-15(2)8-5-9-16-12-13-10-6-3-4-7-11(10)14-12;/h3-4,6-7H,5,8-9H2,1-2H3,(H,13,14);1H/p-1. The molecule has 0 unspecified atom stereocenters. The van der Waals surface area contributed by atoms with Crippen LogP contribution in [0, 0.1) is 0 Å². The normalized spacial score (nSPS) is 10.8. The Labute approximate surface area is 112 Å². The Balaban J connectivity index is 0.00000144. The van der Waals surface area contributed by atoms with E-state index >= 15 is 0 Å². The highest BCUT2D eigenvalue weighted by atomic mass is 35.5. The van der Waals surface area contributed by atoms with E-state index in [0.29, 0.717) is 0 Å². The number of thioether (sulfide) groups is 1. The summed E-state index contributed by atoms with van der Waals surface area (Å²) in [5.74, 6) is 1.11. The topological polar surface area (TPSA) is 31.9 Å². The number of nitrogens with one attached hydrogen (secondary N) is 1. The number of aromatic amines is 1. The molecular formula is C12H17ClN3S-. The van der Waals surface area contributed by atoms with E-state index in [2.05, 4.69) is 35.0 Å². The lowest BCUT2D eigenvalue weighted by Crippen LogP contribution is -3.00. The maximum atomic E-state index is 4.52. The molecular weight excluding hydrogens is 254 g/mol. The second-order valence-corrected chi connectivity index (χ2v) is 5.15. The molecule has 0 bridgehead atoms. The zero-order valence-electron chi connectivity index (χ0n) is 10.1. The minimum atomic E-state index is 0. The van der Waals surface area contributed by atoms with Crippen molar-refractivity contribution in [1.29, 1.82) is 0 Å². The number of hydrogen-bond acceptors (Lipinski definition) is 3. The summed E-state index contributed by atoms with van der Waals surface area (Å²) in [6.45, 7) is 1.13. The largest absolute Gasteiger partial charge is 1.00 e. The molecule has 0 fully saturated rings. The van der Waals surface area contributed by atoms with Crippen LogP contribution in [0.5, 0.6) is 0 Å². The quantitative estimate of drug-likeness (QED) is 0.593. The molecule has 0 saturated carbocycles. The van der Waals surface area contributed by atoms with Gasteiger partial charge in [-0.05, 0) is 39.2 Å². The maximum absolute atomic E-state index is 4.52. The third kappa shape index (κ3) is 4.22. The van der Waals surface area contributed by atoms with Crippen LogP contribution < -0.4 is 12.4 Å². The molecule has 0 saturated heterocycles. The Bertz CT molecular complexity index is 423. The summed E-state index contributed by atoms with van der Waals surface area (Å²) in [6.07, 6.45) is 1.19. The Hall–Kier alpha value is -0.710. The van der Waals surface area contributed by atoms with Crippen LogP contribution in [0.1, 0.15) is 6.42 Å². The van der Waals surface area contributed by atoms with Crippen LogP contribution in [-0.2, 0) is 0 Å². The fraction of sp³-hybridized carbons (Fsp3) is 0.417. The predicted octanol–water partition coefficient (Wildman–Crippen LogP) is -0.389. The van der Waals surface area contributed by atoms with Crippen LogP contribution in [0.3, 0.4) is 0 Å². The first-order chi connectivity index (χ1) is 7.75. The molecule has 5 heteroatoms. The number of halogens is 1. The first-order valence-electron chi connectivity index (χ1n) is 5.48. The van der Waals surface area contributed by atoms with Crippen molar-refractivity contribution in [3.63, 3.8) is 0 Å². The Morgan fingerprint density at radius 3 is 2.76 bits per heavy atom. The molecule has 0 aliphatic rings. The van der Waals surface area contributed by atoms with E-state index in [1.165, 1.54) is 6.42 Å². The number of nitrogens with zero attached hydrogens (tertiary/aromatic N) is 2. The van der Waals surface area contributed by atoms with Gasteiger partial charge in [-0.15, -0.1) is 0 Å². The number of aromatic nitrogens is 2. The molecule has 17 heavy (non-hydrogen) atoms. The number of H-pyrrole nitrogens is 1. The SMILES string of the molecule is CN(C)CCCSc1nc2ccccc2[nH]1.[Cl-]. The van der Waals surface area contributed by atoms with Crippen molar-refractivity contribution in [2.24, 2.45) is 0 Å².